The fourth-order valence-electron chi connectivity index (χ4n) is 0.323. The lowest BCUT2D eigenvalue weighted by Crippen LogP contribution is -1.61. The van der Waals surface area contributed by atoms with Gasteiger partial charge in [-0.1, -0.05) is 0 Å². The molecule has 1 nitrogen and oxygen atoms in total. The Bertz CT molecular complexity index is 69.6. The van der Waals surface area contributed by atoms with E-state index < -0.39 is 0 Å². The summed E-state index contributed by atoms with van der Waals surface area (Å²) >= 11 is 0. The van der Waals surface area contributed by atoms with E-state index in [0.29, 0.717) is 0 Å². The minimum Gasteiger partial charge on any atom is -0.243 e. The molecule has 1 aliphatic heterocycles. The van der Waals surface area contributed by atoms with E-state index in [1.165, 1.54) is 0 Å². The van der Waals surface area contributed by atoms with Crippen LogP contribution in [0.25, 0.3) is 0 Å². The number of rotatable bonds is 0. The van der Waals surface area contributed by atoms with Crippen LogP contribution < -0.4 is 0 Å². The smallest absolute Gasteiger partial charge is 0.0525 e. The molecule has 0 saturated carbocycles. The topological polar surface area (TPSA) is 12.4 Å². The summed E-state index contributed by atoms with van der Waals surface area (Å²) in [4.78, 5) is 3.78. The molecule has 0 spiro atoms. The van der Waals surface area contributed by atoms with E-state index in [2.05, 4.69) is 10.9 Å². The van der Waals surface area contributed by atoms with Crippen LogP contribution in [0.3, 0.4) is 0 Å². The molecular weight excluding hydrogens is 62.1 g/mol. The first-order chi connectivity index (χ1) is 2.50. The lowest BCUT2D eigenvalue weighted by atomic mass is 10.5. The van der Waals surface area contributed by atoms with Gasteiger partial charge >= 0.3 is 0 Å². The zero-order chi connectivity index (χ0) is 3.54. The van der Waals surface area contributed by atoms with Gasteiger partial charge in [0, 0.05) is 0 Å². The lowest BCUT2D eigenvalue weighted by Gasteiger charge is -1.64. The molecule has 0 unspecified atom stereocenters. The SMILES string of the molecule is C1=CCCN=1. The van der Waals surface area contributed by atoms with Crippen LogP contribution in [0.5, 0.6) is 0 Å². The Morgan fingerprint density at radius 3 is 3.00 bits per heavy atom. The van der Waals surface area contributed by atoms with Gasteiger partial charge in [-0.25, -0.2) is 4.99 Å². The third kappa shape index (κ3) is 0.366. The van der Waals surface area contributed by atoms with Crippen molar-refractivity contribution in [2.75, 3.05) is 6.54 Å². The maximum absolute atomic E-state index is 3.78. The largest absolute Gasteiger partial charge is 0.243 e. The van der Waals surface area contributed by atoms with Crippen LogP contribution in [0.2, 0.25) is 0 Å². The maximum Gasteiger partial charge on any atom is 0.0525 e. The van der Waals surface area contributed by atoms with Gasteiger partial charge in [0.05, 0.1) is 6.54 Å². The van der Waals surface area contributed by atoms with Crippen molar-refractivity contribution in [3.8, 4) is 0 Å². The van der Waals surface area contributed by atoms with E-state index in [1.807, 2.05) is 6.08 Å². The highest BCUT2D eigenvalue weighted by Crippen LogP contribution is 1.83. The Morgan fingerprint density at radius 2 is 2.80 bits per heavy atom. The predicted molar refractivity (Wildman–Crippen MR) is 21.5 cm³/mol. The summed E-state index contributed by atoms with van der Waals surface area (Å²) in [7, 11) is 0. The summed E-state index contributed by atoms with van der Waals surface area (Å²) in [6.45, 7) is 0.958. The Kier molecular flexibility index (Phi) is 0.559. The maximum atomic E-state index is 3.78. The summed E-state index contributed by atoms with van der Waals surface area (Å²) in [6.07, 6.45) is 3.04. The first kappa shape index (κ1) is 2.67. The zero-order valence-electron chi connectivity index (χ0n) is 2.94. The molecule has 0 atom stereocenters. The van der Waals surface area contributed by atoms with Crippen molar-refractivity contribution in [1.29, 1.82) is 0 Å². The van der Waals surface area contributed by atoms with Crippen molar-refractivity contribution in [2.45, 2.75) is 6.42 Å². The molecule has 26 valence electrons. The third-order valence-corrected chi connectivity index (χ3v) is 0.568. The van der Waals surface area contributed by atoms with Gasteiger partial charge in [-0.15, -0.1) is 0 Å². The monoisotopic (exact) mass is 67.0 g/mol. The molecule has 0 amide bonds. The summed E-state index contributed by atoms with van der Waals surface area (Å²) in [6, 6.07) is 0. The molecule has 0 N–H and O–H groups in total. The summed E-state index contributed by atoms with van der Waals surface area (Å²) in [5, 5.41) is 0. The number of nitrogens with zero attached hydrogens (tertiary/aromatic N) is 1. The lowest BCUT2D eigenvalue weighted by molar-refractivity contribution is 1.05. The molecule has 1 heteroatoms. The van der Waals surface area contributed by atoms with Gasteiger partial charge in [0.25, 0.3) is 0 Å². The van der Waals surface area contributed by atoms with E-state index in [1.54, 1.807) is 0 Å². The predicted octanol–water partition coefficient (Wildman–Crippen LogP) is 0.616. The average molecular weight is 67.1 g/mol. The van der Waals surface area contributed by atoms with Crippen LogP contribution in [0.15, 0.2) is 11.1 Å². The van der Waals surface area contributed by atoms with Crippen molar-refractivity contribution in [3.63, 3.8) is 0 Å². The molecule has 0 fully saturated rings. The number of aliphatic imine (C=N–C) groups is 1. The van der Waals surface area contributed by atoms with Gasteiger partial charge in [-0.05, 0) is 18.4 Å². The first-order valence-corrected chi connectivity index (χ1v) is 1.74. The molecule has 1 heterocycles. The molecule has 0 bridgehead atoms. The van der Waals surface area contributed by atoms with Crippen molar-refractivity contribution < 1.29 is 0 Å². The standard InChI is InChI=1S/C4H5N/c1-2-4-5-3-1/h1H,2,4H2. The Hall–Kier alpha value is -0.550. The van der Waals surface area contributed by atoms with Crippen LogP contribution in [0, 0.1) is 0 Å². The Morgan fingerprint density at radius 1 is 1.80 bits per heavy atom. The second-order valence-corrected chi connectivity index (χ2v) is 1.00. The number of hydrogen-bond acceptors (Lipinski definition) is 1. The van der Waals surface area contributed by atoms with E-state index >= 15 is 0 Å². The quantitative estimate of drug-likeness (QED) is 0.393. The zero-order valence-corrected chi connectivity index (χ0v) is 2.94. The van der Waals surface area contributed by atoms with Gasteiger partial charge in [-0.2, -0.15) is 0 Å². The fraction of sp³-hybridized carbons (Fsp3) is 0.500. The van der Waals surface area contributed by atoms with Crippen molar-refractivity contribution in [3.05, 3.63) is 6.08 Å². The van der Waals surface area contributed by atoms with Gasteiger partial charge in [0.15, 0.2) is 0 Å². The molecule has 0 aliphatic carbocycles. The van der Waals surface area contributed by atoms with Crippen molar-refractivity contribution in [2.24, 2.45) is 4.99 Å². The molecule has 0 radical (unpaired) electrons. The molecule has 0 aromatic carbocycles. The average Bonchev–Trinajstić information content (AvgIpc) is 1.76. The molecular formula is C4H5N. The molecule has 0 aromatic rings. The second kappa shape index (κ2) is 1.05. The highest BCUT2D eigenvalue weighted by Gasteiger charge is 1.77. The molecule has 5 heavy (non-hydrogen) atoms. The van der Waals surface area contributed by atoms with E-state index in [4.69, 9.17) is 0 Å². The van der Waals surface area contributed by atoms with Crippen LogP contribution in [0.4, 0.5) is 0 Å². The van der Waals surface area contributed by atoms with Crippen LogP contribution in [0.1, 0.15) is 6.42 Å². The highest BCUT2D eigenvalue weighted by atomic mass is 14.7. The van der Waals surface area contributed by atoms with Crippen LogP contribution in [-0.2, 0) is 0 Å². The Labute approximate surface area is 31.0 Å². The van der Waals surface area contributed by atoms with E-state index in [0.717, 1.165) is 13.0 Å². The minimum absolute atomic E-state index is 0.958. The van der Waals surface area contributed by atoms with E-state index in [-0.39, 0.29) is 0 Å². The third-order valence-electron chi connectivity index (χ3n) is 0.568. The molecule has 1 rings (SSSR count). The molecule has 1 aliphatic rings. The molecule has 0 saturated heterocycles. The van der Waals surface area contributed by atoms with Gasteiger partial charge < -0.3 is 0 Å². The fourth-order valence-corrected chi connectivity index (χ4v) is 0.323. The summed E-state index contributed by atoms with van der Waals surface area (Å²) < 4.78 is 0. The Balaban J connectivity index is 2.64. The summed E-state index contributed by atoms with van der Waals surface area (Å²) in [5.41, 5.74) is 0. The second-order valence-electron chi connectivity index (χ2n) is 1.00. The molecule has 0 aromatic heterocycles. The first-order valence-electron chi connectivity index (χ1n) is 1.74. The van der Waals surface area contributed by atoms with Crippen molar-refractivity contribution in [1.82, 2.24) is 0 Å². The number of hydrogen-bond donors (Lipinski definition) is 0. The van der Waals surface area contributed by atoms with Crippen LogP contribution >= 0.6 is 0 Å². The highest BCUT2D eigenvalue weighted by molar-refractivity contribution is 5.53. The van der Waals surface area contributed by atoms with E-state index in [9.17, 15) is 0 Å². The van der Waals surface area contributed by atoms with Gasteiger partial charge in [0.2, 0.25) is 0 Å². The summed E-state index contributed by atoms with van der Waals surface area (Å²) in [5.74, 6) is 2.72. The van der Waals surface area contributed by atoms with Crippen LogP contribution in [-0.4, -0.2) is 12.4 Å². The minimum atomic E-state index is 0.958. The van der Waals surface area contributed by atoms with Gasteiger partial charge in [0.1, 0.15) is 0 Å². The van der Waals surface area contributed by atoms with Gasteiger partial charge in [-0.3, -0.25) is 0 Å². The normalized spacial score (nSPS) is 17.6. The van der Waals surface area contributed by atoms with Crippen molar-refractivity contribution >= 4 is 5.87 Å².